The summed E-state index contributed by atoms with van der Waals surface area (Å²) in [6, 6.07) is 16.8. The van der Waals surface area contributed by atoms with Crippen molar-refractivity contribution in [2.24, 2.45) is 0 Å². The molecule has 28 heavy (non-hydrogen) atoms. The molecular formula is C24H20O4. The van der Waals surface area contributed by atoms with Crippen LogP contribution in [0.1, 0.15) is 52.6 Å². The van der Waals surface area contributed by atoms with E-state index >= 15 is 0 Å². The van der Waals surface area contributed by atoms with Gasteiger partial charge in [-0.05, 0) is 61.5 Å². The molecule has 140 valence electrons. The molecule has 1 heterocycles. The van der Waals surface area contributed by atoms with Crippen LogP contribution in [0.15, 0.2) is 54.6 Å². The largest absolute Gasteiger partial charge is 0.488 e. The smallest absolute Gasteiger partial charge is 0.346 e. The van der Waals surface area contributed by atoms with E-state index in [0.29, 0.717) is 16.5 Å². The molecule has 0 saturated heterocycles. The predicted octanol–water partition coefficient (Wildman–Crippen LogP) is 5.50. The SMILES string of the molecule is CC(C)(C)Oc1ccc(/C=C/c2ccc3c4c(cccc24)C(=O)OC3=O)cc1. The second kappa shape index (κ2) is 6.64. The van der Waals surface area contributed by atoms with Crippen LogP contribution in [0, 0.1) is 0 Å². The van der Waals surface area contributed by atoms with Crippen molar-refractivity contribution in [3.05, 3.63) is 76.9 Å². The third-order valence-corrected chi connectivity index (χ3v) is 4.46. The molecule has 0 aliphatic carbocycles. The van der Waals surface area contributed by atoms with E-state index in [0.717, 1.165) is 22.3 Å². The lowest BCUT2D eigenvalue weighted by Crippen LogP contribution is -2.22. The van der Waals surface area contributed by atoms with Gasteiger partial charge in [0.05, 0.1) is 11.1 Å². The van der Waals surface area contributed by atoms with Crippen molar-refractivity contribution in [2.45, 2.75) is 26.4 Å². The van der Waals surface area contributed by atoms with Crippen LogP contribution in [0.4, 0.5) is 0 Å². The third-order valence-electron chi connectivity index (χ3n) is 4.46. The zero-order valence-corrected chi connectivity index (χ0v) is 16.0. The molecule has 0 bridgehead atoms. The van der Waals surface area contributed by atoms with Gasteiger partial charge in [-0.3, -0.25) is 0 Å². The van der Waals surface area contributed by atoms with Gasteiger partial charge in [-0.25, -0.2) is 9.59 Å². The first-order chi connectivity index (χ1) is 13.3. The third kappa shape index (κ3) is 3.41. The molecule has 0 unspecified atom stereocenters. The van der Waals surface area contributed by atoms with Crippen LogP contribution in [0.2, 0.25) is 0 Å². The second-order valence-electron chi connectivity index (χ2n) is 7.72. The summed E-state index contributed by atoms with van der Waals surface area (Å²) in [6.07, 6.45) is 3.97. The number of rotatable bonds is 3. The Morgan fingerprint density at radius 1 is 0.821 bits per heavy atom. The molecule has 0 aromatic heterocycles. The van der Waals surface area contributed by atoms with Crippen molar-refractivity contribution < 1.29 is 19.1 Å². The maximum absolute atomic E-state index is 12.0. The summed E-state index contributed by atoms with van der Waals surface area (Å²) in [6.45, 7) is 6.04. The molecule has 4 rings (SSSR count). The van der Waals surface area contributed by atoms with E-state index in [4.69, 9.17) is 9.47 Å². The van der Waals surface area contributed by atoms with E-state index < -0.39 is 11.9 Å². The normalized spacial score (nSPS) is 13.8. The highest BCUT2D eigenvalue weighted by Crippen LogP contribution is 2.32. The highest BCUT2D eigenvalue weighted by molar-refractivity contribution is 6.21. The number of hydrogen-bond donors (Lipinski definition) is 0. The lowest BCUT2D eigenvalue weighted by atomic mass is 9.93. The lowest BCUT2D eigenvalue weighted by molar-refractivity contribution is 0.0391. The molecule has 0 atom stereocenters. The number of esters is 2. The average Bonchev–Trinajstić information content (AvgIpc) is 2.64. The second-order valence-corrected chi connectivity index (χ2v) is 7.72. The monoisotopic (exact) mass is 372 g/mol. The Morgan fingerprint density at radius 3 is 2.18 bits per heavy atom. The molecule has 0 N–H and O–H groups in total. The Kier molecular flexibility index (Phi) is 4.27. The minimum atomic E-state index is -0.598. The van der Waals surface area contributed by atoms with Gasteiger partial charge in [0.2, 0.25) is 0 Å². The lowest BCUT2D eigenvalue weighted by Gasteiger charge is -2.21. The van der Waals surface area contributed by atoms with Gasteiger partial charge in [-0.2, -0.15) is 0 Å². The van der Waals surface area contributed by atoms with Crippen molar-refractivity contribution in [1.82, 2.24) is 0 Å². The van der Waals surface area contributed by atoms with Gasteiger partial charge in [0.25, 0.3) is 0 Å². The first-order valence-corrected chi connectivity index (χ1v) is 9.11. The molecule has 3 aromatic rings. The van der Waals surface area contributed by atoms with Crippen LogP contribution < -0.4 is 4.74 Å². The van der Waals surface area contributed by atoms with Crippen molar-refractivity contribution in [3.8, 4) is 5.75 Å². The van der Waals surface area contributed by atoms with Crippen LogP contribution in [0.25, 0.3) is 22.9 Å². The van der Waals surface area contributed by atoms with Gasteiger partial charge in [0, 0.05) is 5.39 Å². The maximum Gasteiger partial charge on any atom is 0.346 e. The van der Waals surface area contributed by atoms with E-state index in [1.54, 1.807) is 18.2 Å². The minimum absolute atomic E-state index is 0.237. The van der Waals surface area contributed by atoms with Gasteiger partial charge < -0.3 is 9.47 Å². The van der Waals surface area contributed by atoms with E-state index in [1.807, 2.05) is 69.3 Å². The standard InChI is InChI=1S/C24H20O4/c1-24(2,3)28-17-12-8-15(9-13-17)7-10-16-11-14-20-21-18(16)5-4-6-19(21)22(25)27-23(20)26/h4-14H,1-3H3/b10-7+. The Balaban J connectivity index is 1.69. The number of ether oxygens (including phenoxy) is 2. The Labute approximate surface area is 163 Å². The van der Waals surface area contributed by atoms with Crippen molar-refractivity contribution in [1.29, 1.82) is 0 Å². The Hall–Kier alpha value is -3.40. The minimum Gasteiger partial charge on any atom is -0.488 e. The fraction of sp³-hybridized carbons (Fsp3) is 0.167. The van der Waals surface area contributed by atoms with Crippen LogP contribution >= 0.6 is 0 Å². The van der Waals surface area contributed by atoms with Crippen LogP contribution in [-0.4, -0.2) is 17.5 Å². The fourth-order valence-electron chi connectivity index (χ4n) is 3.30. The molecule has 0 saturated carbocycles. The number of carbonyl (C=O) groups excluding carboxylic acids is 2. The van der Waals surface area contributed by atoms with Crippen LogP contribution in [-0.2, 0) is 4.74 Å². The molecule has 4 nitrogen and oxygen atoms in total. The molecule has 0 spiro atoms. The summed E-state index contributed by atoms with van der Waals surface area (Å²) in [4.78, 5) is 24.1. The molecule has 0 fully saturated rings. The number of hydrogen-bond acceptors (Lipinski definition) is 4. The van der Waals surface area contributed by atoms with Crippen molar-refractivity contribution in [2.75, 3.05) is 0 Å². The first-order valence-electron chi connectivity index (χ1n) is 9.11. The fourth-order valence-corrected chi connectivity index (χ4v) is 3.30. The highest BCUT2D eigenvalue weighted by atomic mass is 16.6. The number of carbonyl (C=O) groups is 2. The van der Waals surface area contributed by atoms with Gasteiger partial charge in [0.15, 0.2) is 0 Å². The highest BCUT2D eigenvalue weighted by Gasteiger charge is 2.27. The summed E-state index contributed by atoms with van der Waals surface area (Å²) in [5.41, 5.74) is 2.56. The van der Waals surface area contributed by atoms with E-state index in [1.165, 1.54) is 0 Å². The average molecular weight is 372 g/mol. The summed E-state index contributed by atoms with van der Waals surface area (Å²) in [5, 5.41) is 1.50. The van der Waals surface area contributed by atoms with E-state index in [9.17, 15) is 9.59 Å². The summed E-state index contributed by atoms with van der Waals surface area (Å²) in [5.74, 6) is -0.374. The van der Waals surface area contributed by atoms with Crippen LogP contribution in [0.3, 0.4) is 0 Å². The van der Waals surface area contributed by atoms with Crippen molar-refractivity contribution >= 4 is 34.9 Å². The summed E-state index contributed by atoms with van der Waals surface area (Å²) < 4.78 is 10.7. The van der Waals surface area contributed by atoms with E-state index in [-0.39, 0.29) is 5.60 Å². The maximum atomic E-state index is 12.0. The summed E-state index contributed by atoms with van der Waals surface area (Å²) in [7, 11) is 0. The topological polar surface area (TPSA) is 52.6 Å². The molecule has 0 amide bonds. The molecule has 3 aromatic carbocycles. The Bertz CT molecular complexity index is 1100. The van der Waals surface area contributed by atoms with Crippen molar-refractivity contribution in [3.63, 3.8) is 0 Å². The van der Waals surface area contributed by atoms with Gasteiger partial charge in [-0.15, -0.1) is 0 Å². The first kappa shape index (κ1) is 18.0. The van der Waals surface area contributed by atoms with Crippen LogP contribution in [0.5, 0.6) is 5.75 Å². The molecule has 0 radical (unpaired) electrons. The zero-order chi connectivity index (χ0) is 19.9. The Morgan fingerprint density at radius 2 is 1.50 bits per heavy atom. The molecule has 4 heteroatoms. The van der Waals surface area contributed by atoms with Gasteiger partial charge >= 0.3 is 11.9 Å². The molecular weight excluding hydrogens is 352 g/mol. The van der Waals surface area contributed by atoms with Gasteiger partial charge in [-0.1, -0.05) is 42.5 Å². The van der Waals surface area contributed by atoms with Gasteiger partial charge in [0.1, 0.15) is 11.4 Å². The predicted molar refractivity (Wildman–Crippen MR) is 109 cm³/mol. The summed E-state index contributed by atoms with van der Waals surface area (Å²) >= 11 is 0. The zero-order valence-electron chi connectivity index (χ0n) is 16.0. The number of cyclic esters (lactones) is 2. The molecule has 1 aliphatic heterocycles. The molecule has 1 aliphatic rings. The van der Waals surface area contributed by atoms with E-state index in [2.05, 4.69) is 0 Å². The number of benzene rings is 3. The quantitative estimate of drug-likeness (QED) is 0.346.